The summed E-state index contributed by atoms with van der Waals surface area (Å²) in [7, 11) is 0. The van der Waals surface area contributed by atoms with Crippen LogP contribution < -0.4 is 0 Å². The Morgan fingerprint density at radius 3 is 3.07 bits per heavy atom. The van der Waals surface area contributed by atoms with Crippen LogP contribution in [-0.2, 0) is 9.53 Å². The summed E-state index contributed by atoms with van der Waals surface area (Å²) < 4.78 is 5.26. The standard InChI is InChI=1S/C11H20BrNO2/c1-2-6-15-9-11(14)13-5-3-4-10(7-12)8-13/h10H,2-9H2,1H3. The van der Waals surface area contributed by atoms with Crippen LogP contribution in [0.15, 0.2) is 0 Å². The van der Waals surface area contributed by atoms with E-state index >= 15 is 0 Å². The first-order chi connectivity index (χ1) is 7.27. The fourth-order valence-corrected chi connectivity index (χ4v) is 2.34. The van der Waals surface area contributed by atoms with Crippen LogP contribution in [0, 0.1) is 5.92 Å². The highest BCUT2D eigenvalue weighted by Crippen LogP contribution is 2.18. The Labute approximate surface area is 100 Å². The summed E-state index contributed by atoms with van der Waals surface area (Å²) in [5, 5.41) is 0.993. The molecule has 1 aliphatic rings. The average molecular weight is 278 g/mol. The molecule has 1 unspecified atom stereocenters. The molecule has 4 heteroatoms. The predicted molar refractivity (Wildman–Crippen MR) is 64.2 cm³/mol. The minimum Gasteiger partial charge on any atom is -0.372 e. The average Bonchev–Trinajstić information content (AvgIpc) is 2.29. The molecule has 88 valence electrons. The van der Waals surface area contributed by atoms with Gasteiger partial charge in [0.25, 0.3) is 0 Å². The van der Waals surface area contributed by atoms with Crippen molar-refractivity contribution in [2.75, 3.05) is 31.6 Å². The van der Waals surface area contributed by atoms with Crippen molar-refractivity contribution in [3.63, 3.8) is 0 Å². The number of carbonyl (C=O) groups excluding carboxylic acids is 1. The topological polar surface area (TPSA) is 29.5 Å². The van der Waals surface area contributed by atoms with Crippen LogP contribution in [0.3, 0.4) is 0 Å². The number of hydrogen-bond donors (Lipinski definition) is 0. The Kier molecular flexibility index (Phi) is 6.25. The van der Waals surface area contributed by atoms with Gasteiger partial charge in [-0.1, -0.05) is 22.9 Å². The van der Waals surface area contributed by atoms with Gasteiger partial charge < -0.3 is 9.64 Å². The van der Waals surface area contributed by atoms with Crippen molar-refractivity contribution in [1.29, 1.82) is 0 Å². The number of rotatable bonds is 5. The number of likely N-dealkylation sites (tertiary alicyclic amines) is 1. The van der Waals surface area contributed by atoms with Crippen LogP contribution in [0.25, 0.3) is 0 Å². The van der Waals surface area contributed by atoms with E-state index < -0.39 is 0 Å². The Morgan fingerprint density at radius 2 is 2.40 bits per heavy atom. The van der Waals surface area contributed by atoms with E-state index in [-0.39, 0.29) is 12.5 Å². The number of nitrogens with zero attached hydrogens (tertiary/aromatic N) is 1. The molecule has 1 rings (SSSR count). The summed E-state index contributed by atoms with van der Waals surface area (Å²) in [4.78, 5) is 13.7. The lowest BCUT2D eigenvalue weighted by atomic mass is 10.0. The normalized spacial score (nSPS) is 21.7. The molecule has 0 aromatic heterocycles. The highest BCUT2D eigenvalue weighted by atomic mass is 79.9. The summed E-state index contributed by atoms with van der Waals surface area (Å²) in [6.45, 7) is 4.77. The molecule has 0 radical (unpaired) electrons. The summed E-state index contributed by atoms with van der Waals surface area (Å²) in [5.41, 5.74) is 0. The van der Waals surface area contributed by atoms with E-state index in [1.54, 1.807) is 0 Å². The van der Waals surface area contributed by atoms with Gasteiger partial charge in [0, 0.05) is 25.0 Å². The number of hydrogen-bond acceptors (Lipinski definition) is 2. The Bertz CT molecular complexity index is 199. The molecule has 0 bridgehead atoms. The second kappa shape index (κ2) is 7.23. The molecule has 0 spiro atoms. The quantitative estimate of drug-likeness (QED) is 0.569. The number of alkyl halides is 1. The molecule has 0 aromatic carbocycles. The highest BCUT2D eigenvalue weighted by molar-refractivity contribution is 9.09. The lowest BCUT2D eigenvalue weighted by molar-refractivity contribution is -0.137. The van der Waals surface area contributed by atoms with Gasteiger partial charge in [-0.25, -0.2) is 0 Å². The third-order valence-electron chi connectivity index (χ3n) is 2.66. The monoisotopic (exact) mass is 277 g/mol. The van der Waals surface area contributed by atoms with Crippen molar-refractivity contribution < 1.29 is 9.53 Å². The molecular formula is C11H20BrNO2. The molecule has 15 heavy (non-hydrogen) atoms. The van der Waals surface area contributed by atoms with Crippen LogP contribution in [0.5, 0.6) is 0 Å². The van der Waals surface area contributed by atoms with Crippen molar-refractivity contribution >= 4 is 21.8 Å². The SMILES string of the molecule is CCCOCC(=O)N1CCCC(CBr)C1. The number of carbonyl (C=O) groups is 1. The fourth-order valence-electron chi connectivity index (χ4n) is 1.81. The van der Waals surface area contributed by atoms with Crippen molar-refractivity contribution in [3.05, 3.63) is 0 Å². The van der Waals surface area contributed by atoms with Gasteiger partial charge in [0.05, 0.1) is 0 Å². The molecule has 0 N–H and O–H groups in total. The third-order valence-corrected chi connectivity index (χ3v) is 3.58. The van der Waals surface area contributed by atoms with Gasteiger partial charge in [0.2, 0.25) is 5.91 Å². The maximum Gasteiger partial charge on any atom is 0.248 e. The number of amides is 1. The lowest BCUT2D eigenvalue weighted by Gasteiger charge is -2.31. The van der Waals surface area contributed by atoms with E-state index in [2.05, 4.69) is 15.9 Å². The Balaban J connectivity index is 2.25. The summed E-state index contributed by atoms with van der Waals surface area (Å²) in [6.07, 6.45) is 3.32. The summed E-state index contributed by atoms with van der Waals surface area (Å²) in [5.74, 6) is 0.767. The largest absolute Gasteiger partial charge is 0.372 e. The van der Waals surface area contributed by atoms with Crippen molar-refractivity contribution in [3.8, 4) is 0 Å². The van der Waals surface area contributed by atoms with Crippen molar-refractivity contribution in [1.82, 2.24) is 4.90 Å². The Morgan fingerprint density at radius 1 is 1.60 bits per heavy atom. The summed E-state index contributed by atoms with van der Waals surface area (Å²) in [6, 6.07) is 0. The van der Waals surface area contributed by atoms with Crippen LogP contribution >= 0.6 is 15.9 Å². The van der Waals surface area contributed by atoms with Crippen LogP contribution in [0.1, 0.15) is 26.2 Å². The molecule has 3 nitrogen and oxygen atoms in total. The van der Waals surface area contributed by atoms with E-state index in [4.69, 9.17) is 4.74 Å². The van der Waals surface area contributed by atoms with Crippen LogP contribution in [0.2, 0.25) is 0 Å². The fraction of sp³-hybridized carbons (Fsp3) is 0.909. The van der Waals surface area contributed by atoms with Gasteiger partial charge >= 0.3 is 0 Å². The van der Waals surface area contributed by atoms with Gasteiger partial charge in [-0.2, -0.15) is 0 Å². The van der Waals surface area contributed by atoms with Gasteiger partial charge in [0.15, 0.2) is 0 Å². The third kappa shape index (κ3) is 4.51. The van der Waals surface area contributed by atoms with E-state index in [9.17, 15) is 4.79 Å². The molecule has 1 aliphatic heterocycles. The smallest absolute Gasteiger partial charge is 0.248 e. The van der Waals surface area contributed by atoms with E-state index in [0.717, 1.165) is 31.3 Å². The zero-order valence-corrected chi connectivity index (χ0v) is 11.0. The number of piperidine rings is 1. The minimum absolute atomic E-state index is 0.147. The van der Waals surface area contributed by atoms with Crippen LogP contribution in [0.4, 0.5) is 0 Å². The van der Waals surface area contributed by atoms with E-state index in [1.165, 1.54) is 6.42 Å². The molecule has 0 saturated carbocycles. The predicted octanol–water partition coefficient (Wildman–Crippen LogP) is 2.05. The molecule has 0 aromatic rings. The lowest BCUT2D eigenvalue weighted by Crippen LogP contribution is -2.42. The van der Waals surface area contributed by atoms with Gasteiger partial charge in [-0.05, 0) is 25.2 Å². The van der Waals surface area contributed by atoms with Crippen LogP contribution in [-0.4, -0.2) is 42.4 Å². The molecular weight excluding hydrogens is 258 g/mol. The zero-order chi connectivity index (χ0) is 11.1. The first kappa shape index (κ1) is 13.0. The molecule has 1 atom stereocenters. The highest BCUT2D eigenvalue weighted by Gasteiger charge is 2.22. The van der Waals surface area contributed by atoms with E-state index in [0.29, 0.717) is 12.5 Å². The molecule has 1 saturated heterocycles. The Hall–Kier alpha value is -0.0900. The van der Waals surface area contributed by atoms with E-state index in [1.807, 2.05) is 11.8 Å². The first-order valence-corrected chi connectivity index (χ1v) is 6.81. The van der Waals surface area contributed by atoms with Crippen molar-refractivity contribution in [2.24, 2.45) is 5.92 Å². The second-order valence-electron chi connectivity index (χ2n) is 4.05. The van der Waals surface area contributed by atoms with Gasteiger partial charge in [-0.15, -0.1) is 0 Å². The summed E-state index contributed by atoms with van der Waals surface area (Å²) >= 11 is 3.48. The maximum atomic E-state index is 11.7. The first-order valence-electron chi connectivity index (χ1n) is 5.69. The van der Waals surface area contributed by atoms with Gasteiger partial charge in [-0.3, -0.25) is 4.79 Å². The minimum atomic E-state index is 0.147. The van der Waals surface area contributed by atoms with Gasteiger partial charge in [0.1, 0.15) is 6.61 Å². The number of halogens is 1. The molecule has 1 fully saturated rings. The zero-order valence-electron chi connectivity index (χ0n) is 9.38. The molecule has 1 heterocycles. The number of ether oxygens (including phenoxy) is 1. The molecule has 0 aliphatic carbocycles. The maximum absolute atomic E-state index is 11.7. The van der Waals surface area contributed by atoms with Crippen molar-refractivity contribution in [2.45, 2.75) is 26.2 Å². The second-order valence-corrected chi connectivity index (χ2v) is 4.70. The molecule has 1 amide bonds.